The van der Waals surface area contributed by atoms with Crippen LogP contribution >= 0.6 is 0 Å². The molecule has 138 valence electrons. The Morgan fingerprint density at radius 2 is 1.76 bits per heavy atom. The summed E-state index contributed by atoms with van der Waals surface area (Å²) in [5, 5.41) is 0. The van der Waals surface area contributed by atoms with Gasteiger partial charge in [-0.1, -0.05) is 6.92 Å². The summed E-state index contributed by atoms with van der Waals surface area (Å²) in [6, 6.07) is 7.36. The van der Waals surface area contributed by atoms with Gasteiger partial charge in [-0.3, -0.25) is 9.52 Å². The van der Waals surface area contributed by atoms with Crippen molar-refractivity contribution in [2.24, 2.45) is 5.92 Å². The Morgan fingerprint density at radius 1 is 1.12 bits per heavy atom. The number of rotatable bonds is 7. The average molecular weight is 366 g/mol. The van der Waals surface area contributed by atoms with Crippen molar-refractivity contribution >= 4 is 27.5 Å². The number of anilines is 2. The molecule has 0 atom stereocenters. The summed E-state index contributed by atoms with van der Waals surface area (Å²) in [6.45, 7) is 5.45. The van der Waals surface area contributed by atoms with Crippen LogP contribution in [0.1, 0.15) is 26.2 Å². The van der Waals surface area contributed by atoms with E-state index in [2.05, 4.69) is 14.3 Å². The summed E-state index contributed by atoms with van der Waals surface area (Å²) in [4.78, 5) is 16.3. The Morgan fingerprint density at radius 3 is 2.32 bits per heavy atom. The van der Waals surface area contributed by atoms with E-state index in [1.807, 2.05) is 24.0 Å². The summed E-state index contributed by atoms with van der Waals surface area (Å²) in [6.07, 6.45) is 2.84. The van der Waals surface area contributed by atoms with Crippen molar-refractivity contribution in [3.05, 3.63) is 24.3 Å². The summed E-state index contributed by atoms with van der Waals surface area (Å²) in [5.74, 6) is 0.587. The fraction of sp³-hybridized carbons (Fsp3) is 0.588. The molecule has 0 radical (unpaired) electrons. The summed E-state index contributed by atoms with van der Waals surface area (Å²) < 4.78 is 28.7. The van der Waals surface area contributed by atoms with Gasteiger partial charge in [0.1, 0.15) is 0 Å². The van der Waals surface area contributed by atoms with Crippen LogP contribution in [0.3, 0.4) is 0 Å². The van der Waals surface area contributed by atoms with Crippen molar-refractivity contribution in [3.63, 3.8) is 0 Å². The predicted octanol–water partition coefficient (Wildman–Crippen LogP) is 1.40. The molecule has 1 heterocycles. The maximum atomic E-state index is 12.1. The number of nitrogens with one attached hydrogen (secondary N) is 2. The SMILES string of the molecule is CCCNS(=O)(=O)Nc1ccc(N2CCN(C(=O)C3CC3)CC2)cc1. The molecule has 1 aromatic carbocycles. The molecule has 3 rings (SSSR count). The average Bonchev–Trinajstić information content (AvgIpc) is 3.45. The van der Waals surface area contributed by atoms with E-state index in [1.54, 1.807) is 12.1 Å². The number of benzene rings is 1. The van der Waals surface area contributed by atoms with Crippen molar-refractivity contribution in [2.45, 2.75) is 26.2 Å². The minimum Gasteiger partial charge on any atom is -0.368 e. The van der Waals surface area contributed by atoms with Gasteiger partial charge in [0.2, 0.25) is 5.91 Å². The molecule has 2 aliphatic rings. The number of nitrogens with zero attached hydrogens (tertiary/aromatic N) is 2. The van der Waals surface area contributed by atoms with Gasteiger partial charge in [-0.25, -0.2) is 0 Å². The number of hydrogen-bond acceptors (Lipinski definition) is 4. The Balaban J connectivity index is 1.53. The van der Waals surface area contributed by atoms with Crippen molar-refractivity contribution in [3.8, 4) is 0 Å². The molecule has 1 aromatic rings. The molecule has 1 saturated heterocycles. The molecule has 7 nitrogen and oxygen atoms in total. The summed E-state index contributed by atoms with van der Waals surface area (Å²) >= 11 is 0. The van der Waals surface area contributed by atoms with E-state index in [-0.39, 0.29) is 5.92 Å². The number of amides is 1. The van der Waals surface area contributed by atoms with E-state index in [0.717, 1.165) is 51.1 Å². The number of carbonyl (C=O) groups is 1. The van der Waals surface area contributed by atoms with Gasteiger partial charge in [0.05, 0.1) is 0 Å². The van der Waals surface area contributed by atoms with Crippen molar-refractivity contribution < 1.29 is 13.2 Å². The molecular formula is C17H26N4O3S. The van der Waals surface area contributed by atoms with Crippen LogP contribution < -0.4 is 14.3 Å². The minimum absolute atomic E-state index is 0.278. The largest absolute Gasteiger partial charge is 0.368 e. The van der Waals surface area contributed by atoms with Gasteiger partial charge in [-0.05, 0) is 43.5 Å². The maximum Gasteiger partial charge on any atom is 0.299 e. The van der Waals surface area contributed by atoms with Gasteiger partial charge in [0.15, 0.2) is 0 Å². The van der Waals surface area contributed by atoms with Crippen LogP contribution in [0.2, 0.25) is 0 Å². The minimum atomic E-state index is -3.51. The fourth-order valence-electron chi connectivity index (χ4n) is 2.94. The van der Waals surface area contributed by atoms with Crippen LogP contribution in [0.4, 0.5) is 11.4 Å². The standard InChI is InChI=1S/C17H26N4O3S/c1-2-9-18-25(23,24)19-15-5-7-16(8-6-15)20-10-12-21(13-11-20)17(22)14-3-4-14/h5-8,14,18-19H,2-4,9-13H2,1H3. The molecule has 1 aliphatic carbocycles. The molecular weight excluding hydrogens is 340 g/mol. The number of hydrogen-bond donors (Lipinski definition) is 2. The Hall–Kier alpha value is -1.80. The van der Waals surface area contributed by atoms with E-state index < -0.39 is 10.2 Å². The first-order valence-corrected chi connectivity index (χ1v) is 10.4. The lowest BCUT2D eigenvalue weighted by Crippen LogP contribution is -2.49. The van der Waals surface area contributed by atoms with Crippen molar-refractivity contribution in [2.75, 3.05) is 42.3 Å². The lowest BCUT2D eigenvalue weighted by molar-refractivity contribution is -0.132. The van der Waals surface area contributed by atoms with E-state index >= 15 is 0 Å². The summed E-state index contributed by atoms with van der Waals surface area (Å²) in [5.41, 5.74) is 1.58. The monoisotopic (exact) mass is 366 g/mol. The molecule has 2 N–H and O–H groups in total. The smallest absolute Gasteiger partial charge is 0.299 e. The molecule has 1 amide bonds. The van der Waals surface area contributed by atoms with Crippen molar-refractivity contribution in [1.29, 1.82) is 0 Å². The normalized spacial score (nSPS) is 18.3. The Bertz CT molecular complexity index is 693. The zero-order valence-corrected chi connectivity index (χ0v) is 15.4. The van der Waals surface area contributed by atoms with Gasteiger partial charge in [0.25, 0.3) is 10.2 Å². The first kappa shape index (κ1) is 18.0. The van der Waals surface area contributed by atoms with Gasteiger partial charge in [-0.2, -0.15) is 13.1 Å². The van der Waals surface area contributed by atoms with Crippen LogP contribution in [0.15, 0.2) is 24.3 Å². The molecule has 25 heavy (non-hydrogen) atoms. The lowest BCUT2D eigenvalue weighted by Gasteiger charge is -2.36. The number of carbonyl (C=O) groups excluding carboxylic acids is 1. The van der Waals surface area contributed by atoms with Crippen LogP contribution in [0, 0.1) is 5.92 Å². The van der Waals surface area contributed by atoms with Gasteiger partial charge >= 0.3 is 0 Å². The highest BCUT2D eigenvalue weighted by Crippen LogP contribution is 2.31. The maximum absolute atomic E-state index is 12.1. The molecule has 0 spiro atoms. The van der Waals surface area contributed by atoms with Crippen molar-refractivity contribution in [1.82, 2.24) is 9.62 Å². The zero-order chi connectivity index (χ0) is 17.9. The Labute approximate surface area is 149 Å². The zero-order valence-electron chi connectivity index (χ0n) is 14.6. The van der Waals surface area contributed by atoms with E-state index in [1.165, 1.54) is 0 Å². The van der Waals surface area contributed by atoms with E-state index in [4.69, 9.17) is 0 Å². The third-order valence-corrected chi connectivity index (χ3v) is 5.63. The van der Waals surface area contributed by atoms with E-state index in [0.29, 0.717) is 18.1 Å². The van der Waals surface area contributed by atoms with Crippen LogP contribution in [-0.4, -0.2) is 51.9 Å². The third kappa shape index (κ3) is 4.85. The lowest BCUT2D eigenvalue weighted by atomic mass is 10.2. The molecule has 0 unspecified atom stereocenters. The van der Waals surface area contributed by atoms with Crippen LogP contribution in [0.25, 0.3) is 0 Å². The van der Waals surface area contributed by atoms with Gasteiger partial charge in [0, 0.05) is 50.0 Å². The van der Waals surface area contributed by atoms with Gasteiger partial charge < -0.3 is 9.80 Å². The first-order chi connectivity index (χ1) is 12.0. The second kappa shape index (κ2) is 7.61. The molecule has 2 fully saturated rings. The molecule has 0 aromatic heterocycles. The molecule has 8 heteroatoms. The molecule has 0 bridgehead atoms. The van der Waals surface area contributed by atoms with Gasteiger partial charge in [-0.15, -0.1) is 0 Å². The predicted molar refractivity (Wildman–Crippen MR) is 98.8 cm³/mol. The van der Waals surface area contributed by atoms with Crippen LogP contribution in [-0.2, 0) is 15.0 Å². The molecule has 1 saturated carbocycles. The first-order valence-electron chi connectivity index (χ1n) is 8.90. The fourth-order valence-corrected chi connectivity index (χ4v) is 3.93. The highest BCUT2D eigenvalue weighted by atomic mass is 32.2. The second-order valence-electron chi connectivity index (χ2n) is 6.63. The third-order valence-electron chi connectivity index (χ3n) is 4.54. The highest BCUT2D eigenvalue weighted by Gasteiger charge is 2.34. The topological polar surface area (TPSA) is 81.8 Å². The quantitative estimate of drug-likeness (QED) is 0.764. The number of piperazine rings is 1. The highest BCUT2D eigenvalue weighted by molar-refractivity contribution is 7.90. The Kier molecular flexibility index (Phi) is 5.48. The second-order valence-corrected chi connectivity index (χ2v) is 8.13. The van der Waals surface area contributed by atoms with Crippen LogP contribution in [0.5, 0.6) is 0 Å². The summed E-state index contributed by atoms with van der Waals surface area (Å²) in [7, 11) is -3.51. The molecule has 1 aliphatic heterocycles. The van der Waals surface area contributed by atoms with E-state index in [9.17, 15) is 13.2 Å².